The molecule has 6 nitrogen and oxygen atoms in total. The molecule has 1 aromatic heterocycles. The first kappa shape index (κ1) is 19.9. The molecule has 1 heterocycles. The van der Waals surface area contributed by atoms with Crippen LogP contribution in [0.3, 0.4) is 0 Å². The molecule has 8 heteroatoms. The molecule has 0 atom stereocenters. The quantitative estimate of drug-likeness (QED) is 0.239. The Kier molecular flexibility index (Phi) is 6.67. The highest BCUT2D eigenvalue weighted by atomic mass is 79.9. The van der Waals surface area contributed by atoms with Gasteiger partial charge in [-0.1, -0.05) is 34.1 Å². The molecule has 0 fully saturated rings. The average molecular weight is 503 g/mol. The molecule has 0 bridgehead atoms. The number of hydrogen-bond acceptors (Lipinski definition) is 5. The highest BCUT2D eigenvalue weighted by molar-refractivity contribution is 9.10. The summed E-state index contributed by atoms with van der Waals surface area (Å²) in [6.07, 6.45) is 4.48. The SMILES string of the molecule is O=C(N/N=C/c1cccc(OC(=O)c2cccc(Br)c2)c1)c1cncc(Br)c1. The molecule has 0 radical (unpaired) electrons. The number of esters is 1. The normalized spacial score (nSPS) is 10.6. The Bertz CT molecular complexity index is 1050. The predicted molar refractivity (Wildman–Crippen MR) is 113 cm³/mol. The lowest BCUT2D eigenvalue weighted by atomic mass is 10.2. The van der Waals surface area contributed by atoms with E-state index in [0.29, 0.717) is 26.9 Å². The molecule has 0 aliphatic rings. The lowest BCUT2D eigenvalue weighted by Gasteiger charge is -2.05. The Morgan fingerprint density at radius 3 is 2.54 bits per heavy atom. The second-order valence-electron chi connectivity index (χ2n) is 5.56. The van der Waals surface area contributed by atoms with Gasteiger partial charge in [-0.25, -0.2) is 10.2 Å². The van der Waals surface area contributed by atoms with Gasteiger partial charge in [-0.15, -0.1) is 0 Å². The standard InChI is InChI=1S/C20H13Br2N3O3/c21-16-5-2-4-14(8-16)20(27)28-18-6-1-3-13(7-18)10-24-25-19(26)15-9-17(22)12-23-11-15/h1-12H,(H,25,26)/b24-10+. The Balaban J connectivity index is 1.63. The number of ether oxygens (including phenoxy) is 1. The maximum absolute atomic E-state index is 12.2. The van der Waals surface area contributed by atoms with Gasteiger partial charge in [0.15, 0.2) is 0 Å². The van der Waals surface area contributed by atoms with Crippen LogP contribution in [-0.2, 0) is 0 Å². The largest absolute Gasteiger partial charge is 0.423 e. The molecule has 0 aliphatic heterocycles. The molecule has 0 saturated carbocycles. The van der Waals surface area contributed by atoms with Crippen molar-refractivity contribution in [1.29, 1.82) is 0 Å². The Morgan fingerprint density at radius 1 is 0.964 bits per heavy atom. The van der Waals surface area contributed by atoms with Gasteiger partial charge in [0.1, 0.15) is 5.75 Å². The van der Waals surface area contributed by atoms with Crippen LogP contribution in [0.25, 0.3) is 0 Å². The Hall–Kier alpha value is -2.84. The molecule has 140 valence electrons. The highest BCUT2D eigenvalue weighted by Crippen LogP contribution is 2.17. The number of amides is 1. The van der Waals surface area contributed by atoms with Gasteiger partial charge in [0.2, 0.25) is 0 Å². The van der Waals surface area contributed by atoms with E-state index in [1.165, 1.54) is 12.4 Å². The summed E-state index contributed by atoms with van der Waals surface area (Å²) in [5.74, 6) is -0.482. The first-order valence-corrected chi connectivity index (χ1v) is 9.61. The van der Waals surface area contributed by atoms with Gasteiger partial charge in [-0.2, -0.15) is 5.10 Å². The maximum atomic E-state index is 12.2. The molecule has 3 rings (SSSR count). The number of pyridine rings is 1. The lowest BCUT2D eigenvalue weighted by molar-refractivity contribution is 0.0734. The molecule has 2 aromatic carbocycles. The first-order chi connectivity index (χ1) is 13.5. The molecule has 0 saturated heterocycles. The lowest BCUT2D eigenvalue weighted by Crippen LogP contribution is -2.17. The zero-order valence-corrected chi connectivity index (χ0v) is 17.5. The minimum absolute atomic E-state index is 0.372. The summed E-state index contributed by atoms with van der Waals surface area (Å²) in [6, 6.07) is 15.4. The highest BCUT2D eigenvalue weighted by Gasteiger charge is 2.09. The molecule has 0 aliphatic carbocycles. The van der Waals surface area contributed by atoms with E-state index in [1.54, 1.807) is 54.7 Å². The van der Waals surface area contributed by atoms with E-state index in [9.17, 15) is 9.59 Å². The predicted octanol–water partition coefficient (Wildman–Crippen LogP) is 4.59. The number of rotatable bonds is 5. The van der Waals surface area contributed by atoms with Gasteiger partial charge in [0.05, 0.1) is 17.3 Å². The van der Waals surface area contributed by atoms with Gasteiger partial charge < -0.3 is 4.74 Å². The summed E-state index contributed by atoms with van der Waals surface area (Å²) in [6.45, 7) is 0. The van der Waals surface area contributed by atoms with Crippen LogP contribution in [0.2, 0.25) is 0 Å². The average Bonchev–Trinajstić information content (AvgIpc) is 2.68. The third kappa shape index (κ3) is 5.58. The first-order valence-electron chi connectivity index (χ1n) is 8.03. The Morgan fingerprint density at radius 2 is 1.75 bits per heavy atom. The van der Waals surface area contributed by atoms with Crippen molar-refractivity contribution in [2.24, 2.45) is 5.10 Å². The van der Waals surface area contributed by atoms with E-state index < -0.39 is 5.97 Å². The van der Waals surface area contributed by atoms with Gasteiger partial charge in [0.25, 0.3) is 5.91 Å². The van der Waals surface area contributed by atoms with Gasteiger partial charge >= 0.3 is 5.97 Å². The number of hydrogen-bond donors (Lipinski definition) is 1. The summed E-state index contributed by atoms with van der Waals surface area (Å²) in [5, 5.41) is 3.92. The molecule has 3 aromatic rings. The molecule has 1 N–H and O–H groups in total. The third-order valence-corrected chi connectivity index (χ3v) is 4.40. The summed E-state index contributed by atoms with van der Waals surface area (Å²) in [5.41, 5.74) is 3.89. The summed E-state index contributed by atoms with van der Waals surface area (Å²) >= 11 is 6.58. The zero-order valence-electron chi connectivity index (χ0n) is 14.3. The van der Waals surface area contributed by atoms with Crippen LogP contribution in [-0.4, -0.2) is 23.1 Å². The van der Waals surface area contributed by atoms with Crippen LogP contribution >= 0.6 is 31.9 Å². The van der Waals surface area contributed by atoms with Crippen molar-refractivity contribution in [3.8, 4) is 5.75 Å². The smallest absolute Gasteiger partial charge is 0.343 e. The van der Waals surface area contributed by atoms with E-state index in [0.717, 1.165) is 4.47 Å². The second kappa shape index (κ2) is 9.38. The van der Waals surface area contributed by atoms with E-state index in [1.807, 2.05) is 6.07 Å². The fourth-order valence-corrected chi connectivity index (χ4v) is 2.97. The van der Waals surface area contributed by atoms with Crippen LogP contribution in [0.4, 0.5) is 0 Å². The maximum Gasteiger partial charge on any atom is 0.343 e. The molecular formula is C20H13Br2N3O3. The van der Waals surface area contributed by atoms with Crippen LogP contribution in [0.5, 0.6) is 5.75 Å². The van der Waals surface area contributed by atoms with Crippen LogP contribution in [0.1, 0.15) is 26.3 Å². The van der Waals surface area contributed by atoms with Crippen molar-refractivity contribution in [1.82, 2.24) is 10.4 Å². The van der Waals surface area contributed by atoms with Gasteiger partial charge in [-0.05, 0) is 57.9 Å². The fraction of sp³-hybridized carbons (Fsp3) is 0. The summed E-state index contributed by atoms with van der Waals surface area (Å²) in [7, 11) is 0. The van der Waals surface area contributed by atoms with E-state index >= 15 is 0 Å². The minimum Gasteiger partial charge on any atom is -0.423 e. The summed E-state index contributed by atoms with van der Waals surface area (Å²) in [4.78, 5) is 28.2. The third-order valence-electron chi connectivity index (χ3n) is 3.48. The monoisotopic (exact) mass is 501 g/mol. The van der Waals surface area contributed by atoms with Crippen molar-refractivity contribution in [2.75, 3.05) is 0 Å². The second-order valence-corrected chi connectivity index (χ2v) is 7.39. The van der Waals surface area contributed by atoms with Crippen molar-refractivity contribution in [2.45, 2.75) is 0 Å². The van der Waals surface area contributed by atoms with Gasteiger partial charge in [0, 0.05) is 21.3 Å². The number of aromatic nitrogens is 1. The van der Waals surface area contributed by atoms with Crippen molar-refractivity contribution in [3.63, 3.8) is 0 Å². The van der Waals surface area contributed by atoms with Crippen molar-refractivity contribution in [3.05, 3.63) is 92.6 Å². The number of benzene rings is 2. The topological polar surface area (TPSA) is 80.6 Å². The van der Waals surface area contributed by atoms with Crippen LogP contribution < -0.4 is 10.2 Å². The number of halogens is 2. The van der Waals surface area contributed by atoms with E-state index in [-0.39, 0.29) is 5.91 Å². The minimum atomic E-state index is -0.467. The van der Waals surface area contributed by atoms with Crippen molar-refractivity contribution >= 4 is 50.0 Å². The van der Waals surface area contributed by atoms with Crippen molar-refractivity contribution < 1.29 is 14.3 Å². The summed E-state index contributed by atoms with van der Waals surface area (Å²) < 4.78 is 6.87. The number of carbonyl (C=O) groups excluding carboxylic acids is 2. The Labute approximate surface area is 177 Å². The number of nitrogens with one attached hydrogen (secondary N) is 1. The fourth-order valence-electron chi connectivity index (χ4n) is 2.21. The van der Waals surface area contributed by atoms with E-state index in [4.69, 9.17) is 4.74 Å². The van der Waals surface area contributed by atoms with Gasteiger partial charge in [-0.3, -0.25) is 9.78 Å². The molecular weight excluding hydrogens is 490 g/mol. The molecule has 28 heavy (non-hydrogen) atoms. The van der Waals surface area contributed by atoms with Crippen LogP contribution in [0.15, 0.2) is 81.0 Å². The number of hydrazone groups is 1. The number of nitrogens with zero attached hydrogens (tertiary/aromatic N) is 2. The zero-order chi connectivity index (χ0) is 19.9. The van der Waals surface area contributed by atoms with E-state index in [2.05, 4.69) is 47.4 Å². The molecule has 0 spiro atoms. The molecule has 1 amide bonds. The number of carbonyl (C=O) groups is 2. The molecule has 0 unspecified atom stereocenters. The van der Waals surface area contributed by atoms with Crippen LogP contribution in [0, 0.1) is 0 Å².